The van der Waals surface area contributed by atoms with Gasteiger partial charge in [-0.2, -0.15) is 13.2 Å². The van der Waals surface area contributed by atoms with E-state index >= 15 is 0 Å². The first-order valence-electron chi connectivity index (χ1n) is 4.28. The quantitative estimate of drug-likeness (QED) is 0.591. The largest absolute Gasteiger partial charge is 0.507 e. The van der Waals surface area contributed by atoms with Crippen LogP contribution in [0.3, 0.4) is 0 Å². The molecule has 0 heterocycles. The molecule has 0 saturated heterocycles. The molecule has 0 aromatic heterocycles. The molecule has 0 amide bonds. The summed E-state index contributed by atoms with van der Waals surface area (Å²) in [6.07, 6.45) is -4.10. The highest BCUT2D eigenvalue weighted by atomic mass is 19.4. The standard InChI is InChI=1S/C11H7F3O2/c12-11(13,14)9-7-8(3-1-2-6-15)4-5-10(9)16/h4-7,16H,2H2. The van der Waals surface area contributed by atoms with E-state index in [9.17, 15) is 18.0 Å². The SMILES string of the molecule is O=CCC#Cc1ccc(O)c(C(F)(F)F)c1. The molecular weight excluding hydrogens is 221 g/mol. The zero-order chi connectivity index (χ0) is 12.2. The summed E-state index contributed by atoms with van der Waals surface area (Å²) in [4.78, 5) is 9.95. The number of hydrogen-bond acceptors (Lipinski definition) is 2. The molecule has 0 aliphatic heterocycles. The lowest BCUT2D eigenvalue weighted by molar-refractivity contribution is -0.138. The van der Waals surface area contributed by atoms with E-state index in [1.165, 1.54) is 6.07 Å². The summed E-state index contributed by atoms with van der Waals surface area (Å²) in [6, 6.07) is 2.92. The first-order chi connectivity index (χ1) is 7.45. The summed E-state index contributed by atoms with van der Waals surface area (Å²) in [7, 11) is 0. The molecule has 1 N–H and O–H groups in total. The second-order valence-electron chi connectivity index (χ2n) is 2.90. The van der Waals surface area contributed by atoms with E-state index < -0.39 is 17.5 Å². The van der Waals surface area contributed by atoms with E-state index in [0.717, 1.165) is 12.1 Å². The summed E-state index contributed by atoms with van der Waals surface area (Å²) in [5.41, 5.74) is -1.03. The second-order valence-corrected chi connectivity index (χ2v) is 2.90. The number of aromatic hydroxyl groups is 1. The normalized spacial score (nSPS) is 10.4. The maximum atomic E-state index is 12.4. The zero-order valence-corrected chi connectivity index (χ0v) is 8.01. The highest BCUT2D eigenvalue weighted by molar-refractivity contribution is 5.55. The van der Waals surface area contributed by atoms with Gasteiger partial charge in [0, 0.05) is 5.56 Å². The minimum atomic E-state index is -4.62. The van der Waals surface area contributed by atoms with Crippen LogP contribution in [0.2, 0.25) is 0 Å². The number of phenolic OH excluding ortho intramolecular Hbond substituents is 1. The van der Waals surface area contributed by atoms with E-state index in [2.05, 4.69) is 11.8 Å². The number of benzene rings is 1. The van der Waals surface area contributed by atoms with Gasteiger partial charge in [0.2, 0.25) is 0 Å². The van der Waals surface area contributed by atoms with Gasteiger partial charge >= 0.3 is 6.18 Å². The van der Waals surface area contributed by atoms with Gasteiger partial charge in [0.25, 0.3) is 0 Å². The van der Waals surface area contributed by atoms with Crippen LogP contribution >= 0.6 is 0 Å². The summed E-state index contributed by atoms with van der Waals surface area (Å²) < 4.78 is 37.1. The molecule has 5 heteroatoms. The van der Waals surface area contributed by atoms with Gasteiger partial charge < -0.3 is 9.90 Å². The third kappa shape index (κ3) is 3.02. The van der Waals surface area contributed by atoms with Crippen LogP contribution in [0.1, 0.15) is 17.5 Å². The number of carbonyl (C=O) groups excluding carboxylic acids is 1. The molecule has 1 aromatic rings. The fourth-order valence-corrected chi connectivity index (χ4v) is 1.04. The van der Waals surface area contributed by atoms with Gasteiger partial charge in [-0.15, -0.1) is 0 Å². The van der Waals surface area contributed by atoms with Crippen LogP contribution in [0.15, 0.2) is 18.2 Å². The molecule has 0 fully saturated rings. The van der Waals surface area contributed by atoms with Crippen molar-refractivity contribution in [2.75, 3.05) is 0 Å². The molecule has 84 valence electrons. The average molecular weight is 228 g/mol. The third-order valence-corrected chi connectivity index (χ3v) is 1.72. The third-order valence-electron chi connectivity index (χ3n) is 1.72. The minimum absolute atomic E-state index is 0.0395. The van der Waals surface area contributed by atoms with Gasteiger partial charge in [0.1, 0.15) is 12.0 Å². The number of phenols is 1. The van der Waals surface area contributed by atoms with Crippen LogP contribution in [0.5, 0.6) is 5.75 Å². The molecular formula is C11H7F3O2. The van der Waals surface area contributed by atoms with E-state index in [4.69, 9.17) is 5.11 Å². The summed E-state index contributed by atoms with van der Waals surface area (Å²) in [5.74, 6) is 3.94. The number of carbonyl (C=O) groups is 1. The molecule has 2 nitrogen and oxygen atoms in total. The molecule has 0 unspecified atom stereocenters. The van der Waals surface area contributed by atoms with Gasteiger partial charge in [-0.1, -0.05) is 11.8 Å². The molecule has 16 heavy (non-hydrogen) atoms. The van der Waals surface area contributed by atoms with Crippen LogP contribution in [-0.2, 0) is 11.0 Å². The predicted molar refractivity (Wildman–Crippen MR) is 50.7 cm³/mol. The smallest absolute Gasteiger partial charge is 0.419 e. The van der Waals surface area contributed by atoms with Crippen LogP contribution in [0, 0.1) is 11.8 Å². The summed E-state index contributed by atoms with van der Waals surface area (Å²) >= 11 is 0. The van der Waals surface area contributed by atoms with Gasteiger partial charge in [-0.25, -0.2) is 0 Å². The van der Waals surface area contributed by atoms with E-state index in [-0.39, 0.29) is 12.0 Å². The van der Waals surface area contributed by atoms with E-state index in [1.807, 2.05) is 0 Å². The van der Waals surface area contributed by atoms with Crippen molar-refractivity contribution >= 4 is 6.29 Å². The molecule has 0 radical (unpaired) electrons. The van der Waals surface area contributed by atoms with Crippen LogP contribution in [-0.4, -0.2) is 11.4 Å². The lowest BCUT2D eigenvalue weighted by Gasteiger charge is -2.08. The Hall–Kier alpha value is -1.96. The van der Waals surface area contributed by atoms with Gasteiger partial charge in [0.15, 0.2) is 0 Å². The van der Waals surface area contributed by atoms with Crippen molar-refractivity contribution in [3.8, 4) is 17.6 Å². The topological polar surface area (TPSA) is 37.3 Å². The molecule has 0 spiro atoms. The molecule has 0 aliphatic rings. The Morgan fingerprint density at radius 3 is 2.62 bits per heavy atom. The highest BCUT2D eigenvalue weighted by Crippen LogP contribution is 2.35. The molecule has 1 aromatic carbocycles. The van der Waals surface area contributed by atoms with Crippen molar-refractivity contribution in [2.24, 2.45) is 0 Å². The summed E-state index contributed by atoms with van der Waals surface area (Å²) in [5, 5.41) is 9.02. The van der Waals surface area contributed by atoms with Crippen LogP contribution in [0.25, 0.3) is 0 Å². The maximum Gasteiger partial charge on any atom is 0.419 e. The van der Waals surface area contributed by atoms with Crippen molar-refractivity contribution in [1.82, 2.24) is 0 Å². The van der Waals surface area contributed by atoms with Crippen LogP contribution in [0.4, 0.5) is 13.2 Å². The maximum absolute atomic E-state index is 12.4. The fraction of sp³-hybridized carbons (Fsp3) is 0.182. The van der Waals surface area contributed by atoms with Crippen molar-refractivity contribution in [2.45, 2.75) is 12.6 Å². The Balaban J connectivity index is 3.09. The summed E-state index contributed by atoms with van der Waals surface area (Å²) in [6.45, 7) is 0. The number of rotatable bonds is 1. The van der Waals surface area contributed by atoms with Crippen LogP contribution < -0.4 is 0 Å². The Morgan fingerprint density at radius 2 is 2.06 bits per heavy atom. The van der Waals surface area contributed by atoms with Crippen molar-refractivity contribution in [3.63, 3.8) is 0 Å². The molecule has 0 aliphatic carbocycles. The van der Waals surface area contributed by atoms with Crippen molar-refractivity contribution in [1.29, 1.82) is 0 Å². The Labute approximate surface area is 89.7 Å². The minimum Gasteiger partial charge on any atom is -0.507 e. The predicted octanol–water partition coefficient (Wildman–Crippen LogP) is 2.35. The Kier molecular flexibility index (Phi) is 3.56. The highest BCUT2D eigenvalue weighted by Gasteiger charge is 2.33. The van der Waals surface area contributed by atoms with E-state index in [0.29, 0.717) is 6.29 Å². The first-order valence-corrected chi connectivity index (χ1v) is 4.28. The molecule has 0 bridgehead atoms. The van der Waals surface area contributed by atoms with Crippen molar-refractivity contribution in [3.05, 3.63) is 29.3 Å². The zero-order valence-electron chi connectivity index (χ0n) is 8.01. The second kappa shape index (κ2) is 4.71. The van der Waals surface area contributed by atoms with E-state index in [1.54, 1.807) is 0 Å². The molecule has 0 saturated carbocycles. The number of aldehydes is 1. The monoisotopic (exact) mass is 228 g/mol. The number of alkyl halides is 3. The Morgan fingerprint density at radius 1 is 1.38 bits per heavy atom. The van der Waals surface area contributed by atoms with Gasteiger partial charge in [0.05, 0.1) is 12.0 Å². The molecule has 0 atom stereocenters. The number of halogens is 3. The lowest BCUT2D eigenvalue weighted by atomic mass is 10.1. The number of hydrogen-bond donors (Lipinski definition) is 1. The van der Waals surface area contributed by atoms with Gasteiger partial charge in [-0.3, -0.25) is 0 Å². The lowest BCUT2D eigenvalue weighted by Crippen LogP contribution is -2.05. The molecule has 1 rings (SSSR count). The average Bonchev–Trinajstić information content (AvgIpc) is 2.19. The first kappa shape index (κ1) is 12.1. The van der Waals surface area contributed by atoms with Gasteiger partial charge in [-0.05, 0) is 18.2 Å². The van der Waals surface area contributed by atoms with Crippen molar-refractivity contribution < 1.29 is 23.1 Å². The fourth-order valence-electron chi connectivity index (χ4n) is 1.04. The Bertz CT molecular complexity index is 453.